The lowest BCUT2D eigenvalue weighted by Crippen LogP contribution is -2.35. The van der Waals surface area contributed by atoms with Crippen LogP contribution >= 0.6 is 0 Å². The molecule has 7 heteroatoms. The van der Waals surface area contributed by atoms with Crippen molar-refractivity contribution in [2.45, 2.75) is 31.1 Å². The first-order valence-electron chi connectivity index (χ1n) is 6.37. The summed E-state index contributed by atoms with van der Waals surface area (Å²) < 4.78 is 39.9. The van der Waals surface area contributed by atoms with E-state index in [9.17, 15) is 17.6 Å². The highest BCUT2D eigenvalue weighted by atomic mass is 32.2. The van der Waals surface area contributed by atoms with Crippen molar-refractivity contribution >= 4 is 16.0 Å². The largest absolute Gasteiger partial charge is 0.478 e. The Labute approximate surface area is 117 Å². The summed E-state index contributed by atoms with van der Waals surface area (Å²) >= 11 is 0. The predicted octanol–water partition coefficient (Wildman–Crippen LogP) is 2.01. The summed E-state index contributed by atoms with van der Waals surface area (Å²) in [7, 11) is -3.75. The van der Waals surface area contributed by atoms with E-state index in [1.54, 1.807) is 0 Å². The van der Waals surface area contributed by atoms with Crippen LogP contribution in [0.15, 0.2) is 17.0 Å². The molecule has 0 aromatic heterocycles. The first-order chi connectivity index (χ1) is 9.34. The van der Waals surface area contributed by atoms with Crippen LogP contribution in [0.3, 0.4) is 0 Å². The number of nitrogens with zero attached hydrogens (tertiary/aromatic N) is 1. The Morgan fingerprint density at radius 2 is 1.85 bits per heavy atom. The molecule has 1 N–H and O–H groups in total. The number of benzene rings is 1. The van der Waals surface area contributed by atoms with Crippen LogP contribution in [0.1, 0.15) is 35.2 Å². The lowest BCUT2D eigenvalue weighted by Gasteiger charge is -2.26. The van der Waals surface area contributed by atoms with Crippen LogP contribution in [0.2, 0.25) is 0 Å². The number of aromatic carboxylic acids is 1. The number of sulfonamides is 1. The molecule has 1 aromatic rings. The minimum Gasteiger partial charge on any atom is -0.478 e. The molecule has 1 saturated heterocycles. The van der Waals surface area contributed by atoms with Crippen molar-refractivity contribution in [3.8, 4) is 0 Å². The van der Waals surface area contributed by atoms with Gasteiger partial charge in [-0.05, 0) is 37.5 Å². The Morgan fingerprint density at radius 3 is 2.40 bits per heavy atom. The van der Waals surface area contributed by atoms with Crippen LogP contribution in [0.25, 0.3) is 0 Å². The fourth-order valence-corrected chi connectivity index (χ4v) is 3.92. The molecule has 1 fully saturated rings. The second-order valence-corrected chi connectivity index (χ2v) is 6.81. The van der Waals surface area contributed by atoms with Crippen LogP contribution in [-0.2, 0) is 10.0 Å². The van der Waals surface area contributed by atoms with Gasteiger partial charge in [0, 0.05) is 13.1 Å². The number of aryl methyl sites for hydroxylation is 1. The van der Waals surface area contributed by atoms with E-state index in [0.29, 0.717) is 13.1 Å². The van der Waals surface area contributed by atoms with E-state index < -0.39 is 27.4 Å². The number of halogens is 1. The Bertz CT molecular complexity index is 636. The smallest absolute Gasteiger partial charge is 0.338 e. The molecule has 0 atom stereocenters. The summed E-state index contributed by atoms with van der Waals surface area (Å²) in [6.07, 6.45) is 2.55. The maximum atomic E-state index is 13.7. The van der Waals surface area contributed by atoms with Gasteiger partial charge < -0.3 is 5.11 Å². The fraction of sp³-hybridized carbons (Fsp3) is 0.462. The Morgan fingerprint density at radius 1 is 1.25 bits per heavy atom. The van der Waals surface area contributed by atoms with Crippen molar-refractivity contribution in [2.24, 2.45) is 0 Å². The van der Waals surface area contributed by atoms with Crippen molar-refractivity contribution in [3.05, 3.63) is 29.1 Å². The molecular formula is C13H16FNO4S. The van der Waals surface area contributed by atoms with Crippen molar-refractivity contribution in [1.29, 1.82) is 0 Å². The topological polar surface area (TPSA) is 74.7 Å². The minimum atomic E-state index is -3.75. The Balaban J connectivity index is 2.49. The molecule has 0 aliphatic carbocycles. The summed E-state index contributed by atoms with van der Waals surface area (Å²) in [6, 6.07) is 2.08. The fourth-order valence-electron chi connectivity index (χ4n) is 2.30. The zero-order valence-corrected chi connectivity index (χ0v) is 11.9. The van der Waals surface area contributed by atoms with Gasteiger partial charge in [-0.15, -0.1) is 0 Å². The molecule has 1 aromatic carbocycles. The number of piperidine rings is 1. The van der Waals surface area contributed by atoms with Crippen LogP contribution in [0, 0.1) is 12.7 Å². The van der Waals surface area contributed by atoms with Gasteiger partial charge in [-0.3, -0.25) is 0 Å². The minimum absolute atomic E-state index is 0.0143. The van der Waals surface area contributed by atoms with E-state index in [4.69, 9.17) is 5.11 Å². The van der Waals surface area contributed by atoms with Gasteiger partial charge in [-0.1, -0.05) is 6.42 Å². The van der Waals surface area contributed by atoms with E-state index in [2.05, 4.69) is 0 Å². The Kier molecular flexibility index (Phi) is 4.10. The number of carbonyl (C=O) groups is 1. The molecule has 1 heterocycles. The van der Waals surface area contributed by atoms with Crippen molar-refractivity contribution < 1.29 is 22.7 Å². The van der Waals surface area contributed by atoms with E-state index in [-0.39, 0.29) is 10.5 Å². The molecule has 0 saturated carbocycles. The van der Waals surface area contributed by atoms with E-state index in [1.165, 1.54) is 17.3 Å². The summed E-state index contributed by atoms with van der Waals surface area (Å²) in [5.41, 5.74) is -0.596. The highest BCUT2D eigenvalue weighted by Crippen LogP contribution is 2.24. The summed E-state index contributed by atoms with van der Waals surface area (Å²) in [6.45, 7) is 2.19. The molecule has 0 radical (unpaired) electrons. The van der Waals surface area contributed by atoms with Gasteiger partial charge in [0.1, 0.15) is 5.82 Å². The van der Waals surface area contributed by atoms with Gasteiger partial charge in [-0.25, -0.2) is 17.6 Å². The van der Waals surface area contributed by atoms with Crippen molar-refractivity contribution in [2.75, 3.05) is 13.1 Å². The molecule has 0 bridgehead atoms. The van der Waals surface area contributed by atoms with Gasteiger partial charge in [0.15, 0.2) is 0 Å². The first kappa shape index (κ1) is 14.9. The quantitative estimate of drug-likeness (QED) is 0.926. The normalized spacial score (nSPS) is 17.1. The van der Waals surface area contributed by atoms with Gasteiger partial charge in [0.05, 0.1) is 10.5 Å². The van der Waals surface area contributed by atoms with Crippen LogP contribution in [0.5, 0.6) is 0 Å². The van der Waals surface area contributed by atoms with Crippen LogP contribution in [-0.4, -0.2) is 36.9 Å². The van der Waals surface area contributed by atoms with Gasteiger partial charge >= 0.3 is 5.97 Å². The van der Waals surface area contributed by atoms with E-state index in [0.717, 1.165) is 25.3 Å². The van der Waals surface area contributed by atoms with Crippen molar-refractivity contribution in [3.63, 3.8) is 0 Å². The third kappa shape index (κ3) is 2.69. The van der Waals surface area contributed by atoms with Gasteiger partial charge in [0.2, 0.25) is 10.0 Å². The monoisotopic (exact) mass is 301 g/mol. The summed E-state index contributed by atoms with van der Waals surface area (Å²) in [5, 5.41) is 8.94. The third-order valence-electron chi connectivity index (χ3n) is 3.41. The highest BCUT2D eigenvalue weighted by molar-refractivity contribution is 7.89. The van der Waals surface area contributed by atoms with Gasteiger partial charge in [0.25, 0.3) is 0 Å². The zero-order valence-electron chi connectivity index (χ0n) is 11.1. The highest BCUT2D eigenvalue weighted by Gasteiger charge is 2.28. The first-order valence-corrected chi connectivity index (χ1v) is 7.81. The van der Waals surface area contributed by atoms with Crippen LogP contribution in [0.4, 0.5) is 4.39 Å². The van der Waals surface area contributed by atoms with E-state index >= 15 is 0 Å². The number of hydrogen-bond acceptors (Lipinski definition) is 3. The molecule has 0 unspecified atom stereocenters. The lowest BCUT2D eigenvalue weighted by atomic mass is 10.1. The van der Waals surface area contributed by atoms with E-state index in [1.807, 2.05) is 0 Å². The second-order valence-electron chi connectivity index (χ2n) is 4.87. The Hall–Kier alpha value is -1.47. The molecule has 5 nitrogen and oxygen atoms in total. The van der Waals surface area contributed by atoms with Crippen LogP contribution < -0.4 is 0 Å². The number of rotatable bonds is 3. The molecule has 2 rings (SSSR count). The molecule has 0 spiro atoms. The van der Waals surface area contributed by atoms with Crippen molar-refractivity contribution in [1.82, 2.24) is 4.31 Å². The second kappa shape index (κ2) is 5.49. The average molecular weight is 301 g/mol. The number of carboxylic acids is 1. The zero-order chi connectivity index (χ0) is 14.9. The standard InChI is InChI=1S/C13H16FNO4S/c1-9-7-10(8-11(12(9)14)13(16)17)20(18,19)15-5-3-2-4-6-15/h7-8H,2-6H2,1H3,(H,16,17). The molecule has 20 heavy (non-hydrogen) atoms. The predicted molar refractivity (Wildman–Crippen MR) is 70.7 cm³/mol. The molecular weight excluding hydrogens is 285 g/mol. The summed E-state index contributed by atoms with van der Waals surface area (Å²) in [5.74, 6) is -2.36. The SMILES string of the molecule is Cc1cc(S(=O)(=O)N2CCCCC2)cc(C(=O)O)c1F. The molecule has 110 valence electrons. The van der Waals surface area contributed by atoms with Gasteiger partial charge in [-0.2, -0.15) is 4.31 Å². The number of hydrogen-bond donors (Lipinski definition) is 1. The summed E-state index contributed by atoms with van der Waals surface area (Å²) in [4.78, 5) is 10.8. The molecule has 1 aliphatic rings. The average Bonchev–Trinajstić information content (AvgIpc) is 2.42. The third-order valence-corrected chi connectivity index (χ3v) is 5.29. The maximum absolute atomic E-state index is 13.7. The number of carboxylic acid groups (broad SMARTS) is 1. The molecule has 0 amide bonds. The molecule has 1 aliphatic heterocycles. The maximum Gasteiger partial charge on any atom is 0.338 e. The lowest BCUT2D eigenvalue weighted by molar-refractivity contribution is 0.0691.